The number of halogens is 3. The lowest BCUT2D eigenvalue weighted by atomic mass is 10.1. The van der Waals surface area contributed by atoms with Crippen LogP contribution in [-0.2, 0) is 20.4 Å². The molecule has 7 heteroatoms. The Morgan fingerprint density at radius 1 is 1.23 bits per heavy atom. The highest BCUT2D eigenvalue weighted by Gasteiger charge is 2.29. The van der Waals surface area contributed by atoms with Crippen molar-refractivity contribution in [1.82, 2.24) is 0 Å². The van der Waals surface area contributed by atoms with Crippen molar-refractivity contribution in [2.24, 2.45) is 0 Å². The molecule has 1 saturated heterocycles. The summed E-state index contributed by atoms with van der Waals surface area (Å²) in [4.78, 5) is 11.0. The van der Waals surface area contributed by atoms with Crippen LogP contribution in [0.25, 0.3) is 6.08 Å². The summed E-state index contributed by atoms with van der Waals surface area (Å²) in [6.45, 7) is 2.28. The lowest BCUT2D eigenvalue weighted by molar-refractivity contribution is -0.146. The molecule has 0 atom stereocenters. The Morgan fingerprint density at radius 2 is 1.82 bits per heavy atom. The zero-order chi connectivity index (χ0) is 16.2. The number of rotatable bonds is 3. The number of hydrogen-bond acceptors (Lipinski definition) is 4. The van der Waals surface area contributed by atoms with Gasteiger partial charge in [0.15, 0.2) is 11.4 Å². The molecular weight excluding hydrogens is 317 g/mol. The van der Waals surface area contributed by atoms with E-state index >= 15 is 0 Å². The zero-order valence-corrected chi connectivity index (χ0v) is 12.6. The number of hydrogen-bond donors (Lipinski definition) is 0. The van der Waals surface area contributed by atoms with Crippen molar-refractivity contribution in [1.29, 1.82) is 0 Å². The molecule has 0 unspecified atom stereocenters. The van der Waals surface area contributed by atoms with Gasteiger partial charge < -0.3 is 9.47 Å². The second-order valence-electron chi connectivity index (χ2n) is 4.75. The van der Waals surface area contributed by atoms with Gasteiger partial charge in [-0.2, -0.15) is 13.2 Å². The maximum Gasteiger partial charge on any atom is 0.416 e. The van der Waals surface area contributed by atoms with Crippen molar-refractivity contribution in [3.8, 4) is 0 Å². The molecule has 1 heterocycles. The molecule has 22 heavy (non-hydrogen) atoms. The number of thioether (sulfide) groups is 1. The van der Waals surface area contributed by atoms with Gasteiger partial charge in [-0.3, -0.25) is 4.79 Å². The van der Waals surface area contributed by atoms with Crippen LogP contribution in [0.1, 0.15) is 18.1 Å². The van der Waals surface area contributed by atoms with Crippen molar-refractivity contribution >= 4 is 23.0 Å². The molecule has 0 aliphatic carbocycles. The minimum absolute atomic E-state index is 0.0101. The molecule has 0 bridgehead atoms. The van der Waals surface area contributed by atoms with Crippen molar-refractivity contribution < 1.29 is 27.4 Å². The summed E-state index contributed by atoms with van der Waals surface area (Å²) in [5.41, 5.74) is -0.0562. The van der Waals surface area contributed by atoms with Crippen LogP contribution in [0.5, 0.6) is 0 Å². The van der Waals surface area contributed by atoms with E-state index in [0.717, 1.165) is 12.1 Å². The summed E-state index contributed by atoms with van der Waals surface area (Å²) in [5, 5.41) is -0.0100. The van der Waals surface area contributed by atoms with E-state index in [2.05, 4.69) is 0 Å². The van der Waals surface area contributed by atoms with Crippen LogP contribution < -0.4 is 0 Å². The second kappa shape index (κ2) is 7.30. The van der Waals surface area contributed by atoms with E-state index in [4.69, 9.17) is 9.47 Å². The van der Waals surface area contributed by atoms with Crippen LogP contribution in [0.15, 0.2) is 30.3 Å². The van der Waals surface area contributed by atoms with Crippen molar-refractivity contribution in [2.45, 2.75) is 24.6 Å². The Kier molecular flexibility index (Phi) is 5.66. The number of ether oxygens (including phenoxy) is 2. The maximum atomic E-state index is 12.4. The minimum atomic E-state index is -4.33. The summed E-state index contributed by atoms with van der Waals surface area (Å²) in [6.07, 6.45) is -1.60. The van der Waals surface area contributed by atoms with E-state index in [9.17, 15) is 18.0 Å². The number of carbonyl (C=O) groups excluding carboxylic acids is 1. The van der Waals surface area contributed by atoms with Crippen molar-refractivity contribution in [3.63, 3.8) is 0 Å². The molecule has 2 rings (SSSR count). The quantitative estimate of drug-likeness (QED) is 0.845. The molecule has 120 valence electrons. The molecule has 1 fully saturated rings. The standard InChI is InChI=1S/C15H15F3O3S/c1-10(19)22-13-8-20-14(21-9-13)7-4-11-2-5-12(6-3-11)15(16,17)18/h2-7,13-14H,8-9H2,1H3/t13-,14-. The first-order valence-electron chi connectivity index (χ1n) is 6.60. The Bertz CT molecular complexity index is 532. The van der Waals surface area contributed by atoms with Crippen molar-refractivity contribution in [2.75, 3.05) is 13.2 Å². The Balaban J connectivity index is 1.87. The fourth-order valence-electron chi connectivity index (χ4n) is 1.89. The SMILES string of the molecule is CC(=O)S[C@H]1CO[C@H](C=Cc2ccc(C(F)(F)F)cc2)OC1. The van der Waals surface area contributed by atoms with Crippen LogP contribution in [0.2, 0.25) is 0 Å². The van der Waals surface area contributed by atoms with Gasteiger partial charge in [-0.25, -0.2) is 0 Å². The van der Waals surface area contributed by atoms with Gasteiger partial charge in [-0.1, -0.05) is 30.0 Å². The molecule has 1 aromatic carbocycles. The minimum Gasteiger partial charge on any atom is -0.348 e. The Morgan fingerprint density at radius 3 is 2.32 bits per heavy atom. The van der Waals surface area contributed by atoms with Gasteiger partial charge in [0.25, 0.3) is 0 Å². The molecule has 0 spiro atoms. The molecule has 1 aromatic rings. The molecule has 1 aliphatic heterocycles. The molecule has 0 saturated carbocycles. The molecule has 0 amide bonds. The second-order valence-corrected chi connectivity index (χ2v) is 6.22. The van der Waals surface area contributed by atoms with Crippen LogP contribution >= 0.6 is 11.8 Å². The third kappa shape index (κ3) is 5.15. The first-order chi connectivity index (χ1) is 10.3. The normalized spacial score (nSPS) is 22.9. The summed E-state index contributed by atoms with van der Waals surface area (Å²) in [6, 6.07) is 4.83. The van der Waals surface area contributed by atoms with E-state index in [1.165, 1.54) is 30.8 Å². The first kappa shape index (κ1) is 17.1. The van der Waals surface area contributed by atoms with Crippen LogP contribution in [0.4, 0.5) is 13.2 Å². The summed E-state index contributed by atoms with van der Waals surface area (Å²) in [7, 11) is 0. The van der Waals surface area contributed by atoms with Gasteiger partial charge in [0.05, 0.1) is 24.0 Å². The molecular formula is C15H15F3O3S. The molecule has 0 radical (unpaired) electrons. The monoisotopic (exact) mass is 332 g/mol. The molecule has 0 N–H and O–H groups in total. The fraction of sp³-hybridized carbons (Fsp3) is 0.400. The predicted octanol–water partition coefficient (Wildman–Crippen LogP) is 3.74. The lowest BCUT2D eigenvalue weighted by Crippen LogP contribution is -2.33. The van der Waals surface area contributed by atoms with Gasteiger partial charge in [0.2, 0.25) is 0 Å². The van der Waals surface area contributed by atoms with Gasteiger partial charge >= 0.3 is 6.18 Å². The molecule has 0 aromatic heterocycles. The van der Waals surface area contributed by atoms with Gasteiger partial charge in [0, 0.05) is 6.92 Å². The highest BCUT2D eigenvalue weighted by Crippen LogP contribution is 2.29. The van der Waals surface area contributed by atoms with E-state index in [1.54, 1.807) is 12.2 Å². The number of carbonyl (C=O) groups is 1. The largest absolute Gasteiger partial charge is 0.416 e. The summed E-state index contributed by atoms with van der Waals surface area (Å²) < 4.78 is 48.2. The molecule has 3 nitrogen and oxygen atoms in total. The number of alkyl halides is 3. The zero-order valence-electron chi connectivity index (χ0n) is 11.8. The highest BCUT2D eigenvalue weighted by molar-refractivity contribution is 8.14. The van der Waals surface area contributed by atoms with Gasteiger partial charge in [-0.05, 0) is 23.8 Å². The Hall–Kier alpha value is -1.31. The van der Waals surface area contributed by atoms with Gasteiger partial charge in [0.1, 0.15) is 0 Å². The third-order valence-corrected chi connectivity index (χ3v) is 3.85. The van der Waals surface area contributed by atoms with Gasteiger partial charge in [-0.15, -0.1) is 0 Å². The lowest BCUT2D eigenvalue weighted by Gasteiger charge is -2.26. The summed E-state index contributed by atoms with van der Waals surface area (Å²) >= 11 is 1.18. The highest BCUT2D eigenvalue weighted by atomic mass is 32.2. The molecule has 1 aliphatic rings. The van der Waals surface area contributed by atoms with Crippen molar-refractivity contribution in [3.05, 3.63) is 41.5 Å². The van der Waals surface area contributed by atoms with E-state index < -0.39 is 18.0 Å². The Labute approximate surface area is 130 Å². The van der Waals surface area contributed by atoms with Crippen LogP contribution in [0.3, 0.4) is 0 Å². The van der Waals surface area contributed by atoms with E-state index in [-0.39, 0.29) is 10.4 Å². The predicted molar refractivity (Wildman–Crippen MR) is 78.2 cm³/mol. The van der Waals surface area contributed by atoms with Crippen LogP contribution in [0, 0.1) is 0 Å². The van der Waals surface area contributed by atoms with E-state index in [0.29, 0.717) is 18.8 Å². The topological polar surface area (TPSA) is 35.5 Å². The number of benzene rings is 1. The van der Waals surface area contributed by atoms with E-state index in [1.807, 2.05) is 0 Å². The average Bonchev–Trinajstić information content (AvgIpc) is 2.45. The summed E-state index contributed by atoms with van der Waals surface area (Å²) in [5.74, 6) is 0. The maximum absolute atomic E-state index is 12.4. The fourth-order valence-corrected chi connectivity index (χ4v) is 2.65. The third-order valence-electron chi connectivity index (χ3n) is 2.91. The van der Waals surface area contributed by atoms with Crippen LogP contribution in [-0.4, -0.2) is 29.9 Å². The smallest absolute Gasteiger partial charge is 0.348 e. The average molecular weight is 332 g/mol. The first-order valence-corrected chi connectivity index (χ1v) is 7.48.